The molecule has 0 N–H and O–H groups in total. The summed E-state index contributed by atoms with van der Waals surface area (Å²) in [4.78, 5) is 16.1. The van der Waals surface area contributed by atoms with E-state index in [-0.39, 0.29) is 10.8 Å². The topological polar surface area (TPSA) is 0 Å². The van der Waals surface area contributed by atoms with Crippen LogP contribution in [0.1, 0.15) is 72.4 Å². The zero-order chi connectivity index (χ0) is 26.9. The molecule has 14 bridgehead atoms. The third-order valence-electron chi connectivity index (χ3n) is 7.95. The standard InChI is InChI=1S/C34H24S6/c1-33-27-15-9-21(35-27)3-6-24-12-18-30(38-24)34(2,31-19-13-25(39-31)7-4-22-10-16-28(33)36-22)32-20-14-26(40-32)8-5-23-11-17-29(33)37-23/h3-20H,1-2H3/b6-3-,7-4-,8-5-. The van der Waals surface area contributed by atoms with Crippen molar-refractivity contribution in [1.82, 2.24) is 0 Å². The van der Waals surface area contributed by atoms with E-state index in [1.54, 1.807) is 0 Å². The van der Waals surface area contributed by atoms with Crippen molar-refractivity contribution in [3.05, 3.63) is 131 Å². The summed E-state index contributed by atoms with van der Waals surface area (Å²) in [6.07, 6.45) is 13.8. The van der Waals surface area contributed by atoms with Gasteiger partial charge in [-0.25, -0.2) is 0 Å². The van der Waals surface area contributed by atoms with Gasteiger partial charge in [-0.1, -0.05) is 0 Å². The van der Waals surface area contributed by atoms with E-state index in [0.717, 1.165) is 0 Å². The third-order valence-corrected chi connectivity index (χ3v) is 15.6. The van der Waals surface area contributed by atoms with Gasteiger partial charge in [0.25, 0.3) is 0 Å². The van der Waals surface area contributed by atoms with Crippen LogP contribution >= 0.6 is 68.0 Å². The number of thiophene rings is 6. The lowest BCUT2D eigenvalue weighted by Crippen LogP contribution is -2.21. The van der Waals surface area contributed by atoms with Crippen LogP contribution in [0.2, 0.25) is 0 Å². The van der Waals surface area contributed by atoms with Crippen molar-refractivity contribution in [3.63, 3.8) is 0 Å². The highest BCUT2D eigenvalue weighted by Gasteiger charge is 2.37. The average molecular weight is 625 g/mol. The van der Waals surface area contributed by atoms with Crippen LogP contribution in [0.5, 0.6) is 0 Å². The zero-order valence-corrected chi connectivity index (χ0v) is 26.7. The van der Waals surface area contributed by atoms with E-state index >= 15 is 0 Å². The lowest BCUT2D eigenvalue weighted by molar-refractivity contribution is 0.744. The number of rotatable bonds is 0. The summed E-state index contributed by atoms with van der Waals surface area (Å²) in [5, 5.41) is 0. The fourth-order valence-corrected chi connectivity index (χ4v) is 12.4. The van der Waals surface area contributed by atoms with Crippen LogP contribution in [0, 0.1) is 0 Å². The maximum absolute atomic E-state index is 2.41. The summed E-state index contributed by atoms with van der Waals surface area (Å²) >= 11 is 11.5. The summed E-state index contributed by atoms with van der Waals surface area (Å²) in [6.45, 7) is 4.82. The van der Waals surface area contributed by atoms with Gasteiger partial charge in [0.2, 0.25) is 0 Å². The first-order chi connectivity index (χ1) is 19.5. The molecule has 6 heteroatoms. The molecule has 0 amide bonds. The quantitative estimate of drug-likeness (QED) is 0.158. The van der Waals surface area contributed by atoms with Gasteiger partial charge in [-0.3, -0.25) is 0 Å². The van der Waals surface area contributed by atoms with Gasteiger partial charge in [0, 0.05) is 58.5 Å². The number of hydrogen-bond donors (Lipinski definition) is 0. The van der Waals surface area contributed by atoms with Crippen LogP contribution in [-0.2, 0) is 10.8 Å². The molecule has 196 valence electrons. The van der Waals surface area contributed by atoms with E-state index in [4.69, 9.17) is 0 Å². The first-order valence-corrected chi connectivity index (χ1v) is 18.0. The molecule has 3 aliphatic heterocycles. The lowest BCUT2D eigenvalue weighted by Gasteiger charge is -2.26. The van der Waals surface area contributed by atoms with Gasteiger partial charge >= 0.3 is 0 Å². The fourth-order valence-electron chi connectivity index (χ4n) is 5.49. The Balaban J connectivity index is 1.45. The van der Waals surface area contributed by atoms with E-state index in [0.29, 0.717) is 0 Å². The largest absolute Gasteiger partial charge is 0.140 e. The SMILES string of the molecule is CC12c3ccc(s3)/C=C\c3ccc(s3)C(C)(c3ccc(s3)/C=C\c3ccc1s3)c1ccc(s1)/C=C\c1ccc2s1. The van der Waals surface area contributed by atoms with Gasteiger partial charge in [-0.15, -0.1) is 68.0 Å². The first-order valence-electron chi connectivity index (χ1n) is 13.1. The van der Waals surface area contributed by atoms with Crippen molar-refractivity contribution >= 4 is 104 Å². The summed E-state index contributed by atoms with van der Waals surface area (Å²) < 4.78 is 0. The summed E-state index contributed by atoms with van der Waals surface area (Å²) in [5.41, 5.74) is -0.406. The molecule has 3 aliphatic rings. The molecule has 0 unspecified atom stereocenters. The van der Waals surface area contributed by atoms with E-state index in [2.05, 4.69) is 123 Å². The highest BCUT2D eigenvalue weighted by Crippen LogP contribution is 2.50. The summed E-state index contributed by atoms with van der Waals surface area (Å²) in [5.74, 6) is 0. The molecule has 9 rings (SSSR count). The van der Waals surface area contributed by atoms with Crippen LogP contribution in [0.15, 0.2) is 72.8 Å². The Bertz CT molecular complexity index is 1590. The van der Waals surface area contributed by atoms with Crippen molar-refractivity contribution in [2.24, 2.45) is 0 Å². The summed E-state index contributed by atoms with van der Waals surface area (Å²) in [6, 6.07) is 27.8. The molecule has 9 heterocycles. The van der Waals surface area contributed by atoms with E-state index < -0.39 is 0 Å². The highest BCUT2D eigenvalue weighted by atomic mass is 32.1. The predicted octanol–water partition coefficient (Wildman–Crippen LogP) is 11.9. The molecule has 0 saturated heterocycles. The van der Waals surface area contributed by atoms with Crippen LogP contribution in [0.4, 0.5) is 0 Å². The van der Waals surface area contributed by atoms with Gasteiger partial charge in [-0.2, -0.15) is 0 Å². The minimum Gasteiger partial charge on any atom is -0.140 e. The molecule has 0 fully saturated rings. The van der Waals surface area contributed by atoms with E-state index in [9.17, 15) is 0 Å². The van der Waals surface area contributed by atoms with Crippen molar-refractivity contribution < 1.29 is 0 Å². The predicted molar refractivity (Wildman–Crippen MR) is 184 cm³/mol. The Morgan fingerprint density at radius 3 is 0.650 bits per heavy atom. The normalized spacial score (nSPS) is 23.6. The Morgan fingerprint density at radius 2 is 0.475 bits per heavy atom. The second kappa shape index (κ2) is 9.48. The second-order valence-corrected chi connectivity index (χ2v) is 17.2. The van der Waals surface area contributed by atoms with Gasteiger partial charge in [-0.05, 0) is 123 Å². The van der Waals surface area contributed by atoms with Crippen molar-refractivity contribution in [2.45, 2.75) is 24.7 Å². The Kier molecular flexibility index (Phi) is 5.96. The monoisotopic (exact) mass is 624 g/mol. The molecule has 40 heavy (non-hydrogen) atoms. The highest BCUT2D eigenvalue weighted by molar-refractivity contribution is 7.18. The maximum Gasteiger partial charge on any atom is 0.0704 e. The number of hydrogen-bond acceptors (Lipinski definition) is 6. The van der Waals surface area contributed by atoms with Crippen LogP contribution < -0.4 is 0 Å². The molecule has 0 atom stereocenters. The van der Waals surface area contributed by atoms with Crippen LogP contribution in [0.3, 0.4) is 0 Å². The minimum absolute atomic E-state index is 0.203. The Morgan fingerprint density at radius 1 is 0.300 bits per heavy atom. The molecule has 0 saturated carbocycles. The van der Waals surface area contributed by atoms with Gasteiger partial charge in [0.1, 0.15) is 0 Å². The Labute approximate surface area is 258 Å². The molecule has 0 aromatic carbocycles. The lowest BCUT2D eigenvalue weighted by atomic mass is 9.85. The molecule has 0 nitrogen and oxygen atoms in total. The molecule has 0 radical (unpaired) electrons. The summed E-state index contributed by atoms with van der Waals surface area (Å²) in [7, 11) is 0. The van der Waals surface area contributed by atoms with Crippen LogP contribution in [-0.4, -0.2) is 0 Å². The van der Waals surface area contributed by atoms with E-state index in [1.807, 2.05) is 68.0 Å². The van der Waals surface area contributed by atoms with Gasteiger partial charge < -0.3 is 0 Å². The molecule has 0 spiro atoms. The van der Waals surface area contributed by atoms with Crippen molar-refractivity contribution in [3.8, 4) is 0 Å². The average Bonchev–Trinajstić information content (AvgIpc) is 3.80. The zero-order valence-electron chi connectivity index (χ0n) is 21.8. The minimum atomic E-state index is -0.203. The third kappa shape index (κ3) is 4.00. The van der Waals surface area contributed by atoms with Crippen molar-refractivity contribution in [1.29, 1.82) is 0 Å². The maximum atomic E-state index is 2.41. The molecular weight excluding hydrogens is 601 g/mol. The molecule has 6 aromatic rings. The van der Waals surface area contributed by atoms with Gasteiger partial charge in [0.15, 0.2) is 0 Å². The molecular formula is C34H24S6. The van der Waals surface area contributed by atoms with Crippen LogP contribution in [0.25, 0.3) is 36.5 Å². The molecule has 6 aromatic heterocycles. The first kappa shape index (κ1) is 25.2. The second-order valence-electron chi connectivity index (χ2n) is 10.5. The smallest absolute Gasteiger partial charge is 0.0704 e. The fraction of sp³-hybridized carbons (Fsp3) is 0.118. The molecule has 0 aliphatic carbocycles. The Hall–Kier alpha value is -2.58. The van der Waals surface area contributed by atoms with E-state index in [1.165, 1.54) is 58.5 Å². The van der Waals surface area contributed by atoms with Crippen molar-refractivity contribution in [2.75, 3.05) is 0 Å². The van der Waals surface area contributed by atoms with Gasteiger partial charge in [0.05, 0.1) is 10.8 Å².